The van der Waals surface area contributed by atoms with Gasteiger partial charge in [0, 0.05) is 0 Å². The summed E-state index contributed by atoms with van der Waals surface area (Å²) < 4.78 is 5.04. The Morgan fingerprint density at radius 1 is 1.05 bits per heavy atom. The van der Waals surface area contributed by atoms with Gasteiger partial charge in [0.15, 0.2) is 0 Å². The van der Waals surface area contributed by atoms with Gasteiger partial charge in [-0.05, 0) is 63.0 Å². The summed E-state index contributed by atoms with van der Waals surface area (Å²) in [4.78, 5) is 5.40. The molecule has 0 unspecified atom stereocenters. The first-order valence-electron chi connectivity index (χ1n) is 6.78. The van der Waals surface area contributed by atoms with E-state index in [4.69, 9.17) is 9.57 Å². The SMILES string of the molecule is COc1ccc(N([O-])OC2CCC(N(C)[O-])CC2)cc1. The van der Waals surface area contributed by atoms with Crippen molar-refractivity contribution < 1.29 is 9.57 Å². The summed E-state index contributed by atoms with van der Waals surface area (Å²) in [5.41, 5.74) is 0.439. The molecule has 0 spiro atoms. The monoisotopic (exact) mass is 280 g/mol. The maximum absolute atomic E-state index is 11.9. The van der Waals surface area contributed by atoms with Gasteiger partial charge in [0.25, 0.3) is 0 Å². The minimum absolute atomic E-state index is 0.0518. The van der Waals surface area contributed by atoms with E-state index in [9.17, 15) is 10.4 Å². The smallest absolute Gasteiger partial charge is 0.119 e. The summed E-state index contributed by atoms with van der Waals surface area (Å²) in [6.45, 7) is 0. The van der Waals surface area contributed by atoms with E-state index in [0.29, 0.717) is 16.7 Å². The van der Waals surface area contributed by atoms with Crippen molar-refractivity contribution in [3.8, 4) is 5.75 Å². The number of hydrogen-bond donors (Lipinski definition) is 0. The zero-order valence-electron chi connectivity index (χ0n) is 11.8. The fourth-order valence-electron chi connectivity index (χ4n) is 2.41. The predicted octanol–water partition coefficient (Wildman–Crippen LogP) is 2.67. The molecule has 0 aromatic heterocycles. The minimum atomic E-state index is -0.120. The highest BCUT2D eigenvalue weighted by Gasteiger charge is 2.22. The summed E-state index contributed by atoms with van der Waals surface area (Å²) in [6.07, 6.45) is 2.87. The third-order valence-electron chi connectivity index (χ3n) is 3.69. The van der Waals surface area contributed by atoms with Crippen LogP contribution in [0.3, 0.4) is 0 Å². The molecule has 1 saturated carbocycles. The van der Waals surface area contributed by atoms with Crippen molar-refractivity contribution in [3.63, 3.8) is 0 Å². The van der Waals surface area contributed by atoms with Crippen LogP contribution in [-0.2, 0) is 4.84 Å². The molecule has 2 rings (SSSR count). The van der Waals surface area contributed by atoms with Crippen molar-refractivity contribution >= 4 is 5.69 Å². The van der Waals surface area contributed by atoms with Crippen molar-refractivity contribution in [2.75, 3.05) is 19.4 Å². The minimum Gasteiger partial charge on any atom is -0.785 e. The molecule has 0 amide bonds. The van der Waals surface area contributed by atoms with Crippen LogP contribution in [-0.4, -0.2) is 31.4 Å². The molecule has 1 fully saturated rings. The molecule has 6 heteroatoms. The standard InChI is InChI=1S/C14H20N2O4/c1-15(17)11-3-9-14(10-4-11)20-16(18)12-5-7-13(19-2)8-6-12/h5-8,11,14H,3-4,9-10H2,1-2H3/q-2. The average Bonchev–Trinajstić information content (AvgIpc) is 2.48. The van der Waals surface area contributed by atoms with E-state index in [-0.39, 0.29) is 12.1 Å². The van der Waals surface area contributed by atoms with E-state index in [2.05, 4.69) is 0 Å². The maximum Gasteiger partial charge on any atom is 0.119 e. The van der Waals surface area contributed by atoms with Gasteiger partial charge >= 0.3 is 0 Å². The first-order chi connectivity index (χ1) is 9.60. The second-order valence-corrected chi connectivity index (χ2v) is 5.04. The maximum atomic E-state index is 11.9. The quantitative estimate of drug-likeness (QED) is 0.772. The number of ether oxygens (including phenoxy) is 1. The van der Waals surface area contributed by atoms with Crippen molar-refractivity contribution in [3.05, 3.63) is 34.7 Å². The van der Waals surface area contributed by atoms with Gasteiger partial charge in [-0.25, -0.2) is 0 Å². The second kappa shape index (κ2) is 6.90. The number of rotatable bonds is 5. The molecular formula is C14H20N2O4-2. The van der Waals surface area contributed by atoms with Gasteiger partial charge in [-0.15, -0.1) is 0 Å². The first kappa shape index (κ1) is 15.1. The van der Waals surface area contributed by atoms with Crippen LogP contribution in [0.1, 0.15) is 25.7 Å². The Hall–Kier alpha value is -1.34. The van der Waals surface area contributed by atoms with Crippen LogP contribution >= 0.6 is 0 Å². The molecule has 0 bridgehead atoms. The third-order valence-corrected chi connectivity index (χ3v) is 3.69. The van der Waals surface area contributed by atoms with E-state index < -0.39 is 0 Å². The van der Waals surface area contributed by atoms with E-state index >= 15 is 0 Å². The second-order valence-electron chi connectivity index (χ2n) is 5.04. The lowest BCUT2D eigenvalue weighted by molar-refractivity contribution is 0.0128. The molecule has 1 aromatic rings. The topological polar surface area (TPSA) is 71.1 Å². The number of methoxy groups -OCH3 is 1. The van der Waals surface area contributed by atoms with Gasteiger partial charge < -0.3 is 25.4 Å². The Morgan fingerprint density at radius 2 is 1.65 bits per heavy atom. The number of anilines is 1. The molecule has 0 radical (unpaired) electrons. The fourth-order valence-corrected chi connectivity index (χ4v) is 2.41. The number of hydrogen-bond acceptors (Lipinski definition) is 6. The van der Waals surface area contributed by atoms with E-state index in [1.807, 2.05) is 0 Å². The summed E-state index contributed by atoms with van der Waals surface area (Å²) in [5.74, 6) is 0.696. The molecule has 0 heterocycles. The van der Waals surface area contributed by atoms with Gasteiger partial charge in [-0.2, -0.15) is 0 Å². The Labute approximate surface area is 119 Å². The highest BCUT2D eigenvalue weighted by molar-refractivity contribution is 5.47. The molecule has 6 nitrogen and oxygen atoms in total. The van der Waals surface area contributed by atoms with Crippen molar-refractivity contribution in [2.45, 2.75) is 37.8 Å². The fraction of sp³-hybridized carbons (Fsp3) is 0.571. The van der Waals surface area contributed by atoms with E-state index in [0.717, 1.165) is 30.7 Å². The Bertz CT molecular complexity index is 402. The van der Waals surface area contributed by atoms with Crippen LogP contribution in [0, 0.1) is 10.4 Å². The van der Waals surface area contributed by atoms with Crippen LogP contribution in [0.4, 0.5) is 5.69 Å². The highest BCUT2D eigenvalue weighted by atomic mass is 16.9. The van der Waals surface area contributed by atoms with Crippen molar-refractivity contribution in [2.24, 2.45) is 0 Å². The summed E-state index contributed by atoms with van der Waals surface area (Å²) >= 11 is 0. The Balaban J connectivity index is 1.84. The van der Waals surface area contributed by atoms with E-state index in [1.54, 1.807) is 38.4 Å². The third kappa shape index (κ3) is 3.83. The van der Waals surface area contributed by atoms with Gasteiger partial charge in [0.1, 0.15) is 5.75 Å². The lowest BCUT2D eigenvalue weighted by Crippen LogP contribution is -2.35. The molecular weight excluding hydrogens is 260 g/mol. The molecule has 0 aliphatic heterocycles. The molecule has 1 aliphatic rings. The van der Waals surface area contributed by atoms with Crippen LogP contribution < -0.4 is 9.96 Å². The van der Waals surface area contributed by atoms with Crippen LogP contribution in [0.5, 0.6) is 5.75 Å². The van der Waals surface area contributed by atoms with Crippen LogP contribution in [0.2, 0.25) is 0 Å². The first-order valence-corrected chi connectivity index (χ1v) is 6.78. The number of hydroxylamine groups is 2. The zero-order chi connectivity index (χ0) is 14.5. The molecule has 1 aromatic carbocycles. The van der Waals surface area contributed by atoms with Gasteiger partial charge in [0.2, 0.25) is 0 Å². The molecule has 0 N–H and O–H groups in total. The summed E-state index contributed by atoms with van der Waals surface area (Å²) in [7, 11) is 3.12. The van der Waals surface area contributed by atoms with Crippen molar-refractivity contribution in [1.82, 2.24) is 5.06 Å². The van der Waals surface area contributed by atoms with Crippen LogP contribution in [0.25, 0.3) is 0 Å². The normalized spacial score (nSPS) is 22.9. The molecule has 0 saturated heterocycles. The number of nitrogens with zero attached hydrogens (tertiary/aromatic N) is 2. The zero-order valence-corrected chi connectivity index (χ0v) is 11.8. The predicted molar refractivity (Wildman–Crippen MR) is 77.1 cm³/mol. The Morgan fingerprint density at radius 3 is 2.15 bits per heavy atom. The van der Waals surface area contributed by atoms with Gasteiger partial charge in [-0.1, -0.05) is 0 Å². The van der Waals surface area contributed by atoms with E-state index in [1.165, 1.54) is 0 Å². The molecule has 20 heavy (non-hydrogen) atoms. The lowest BCUT2D eigenvalue weighted by Gasteiger charge is -2.40. The highest BCUT2D eigenvalue weighted by Crippen LogP contribution is 2.26. The lowest BCUT2D eigenvalue weighted by atomic mass is 9.93. The Kier molecular flexibility index (Phi) is 5.19. The molecule has 0 atom stereocenters. The van der Waals surface area contributed by atoms with Gasteiger partial charge in [0.05, 0.1) is 18.9 Å². The van der Waals surface area contributed by atoms with Crippen LogP contribution in [0.15, 0.2) is 24.3 Å². The van der Waals surface area contributed by atoms with Gasteiger partial charge in [-0.3, -0.25) is 4.84 Å². The van der Waals surface area contributed by atoms with Crippen molar-refractivity contribution in [1.29, 1.82) is 0 Å². The summed E-state index contributed by atoms with van der Waals surface area (Å²) in [5, 5.41) is 24.7. The molecule has 1 aliphatic carbocycles. The summed E-state index contributed by atoms with van der Waals surface area (Å²) in [6, 6.07) is 6.79. The number of benzene rings is 1. The average molecular weight is 280 g/mol. The molecule has 112 valence electrons. The largest absolute Gasteiger partial charge is 0.785 e.